The van der Waals surface area contributed by atoms with Gasteiger partial charge in [0.05, 0.1) is 0 Å². The normalized spacial score (nSPS) is 28.8. The monoisotopic (exact) mass is 278 g/mol. The second-order valence-electron chi connectivity index (χ2n) is 6.52. The van der Waals surface area contributed by atoms with Gasteiger partial charge in [0.25, 0.3) is 0 Å². The minimum absolute atomic E-state index is 0.441. The molecular weight excluding hydrogens is 252 g/mol. The van der Waals surface area contributed by atoms with E-state index in [-0.39, 0.29) is 0 Å². The minimum Gasteiger partial charge on any atom is -0.308 e. The summed E-state index contributed by atoms with van der Waals surface area (Å²) in [4.78, 5) is 4.28. The summed E-state index contributed by atoms with van der Waals surface area (Å²) in [5, 5.41) is 6.05. The smallest absolute Gasteiger partial charge is 0.0309 e. The van der Waals surface area contributed by atoms with E-state index in [2.05, 4.69) is 41.6 Å². The van der Waals surface area contributed by atoms with Gasteiger partial charge in [-0.05, 0) is 44.6 Å². The highest BCUT2D eigenvalue weighted by Crippen LogP contribution is 2.34. The number of nitrogens with one attached hydrogen (secondary N) is 1. The van der Waals surface area contributed by atoms with E-state index in [0.717, 1.165) is 6.54 Å². The molecule has 0 aromatic carbocycles. The van der Waals surface area contributed by atoms with Crippen molar-refractivity contribution < 1.29 is 0 Å². The van der Waals surface area contributed by atoms with Gasteiger partial charge >= 0.3 is 0 Å². The maximum absolute atomic E-state index is 3.85. The summed E-state index contributed by atoms with van der Waals surface area (Å²) in [5.74, 6) is 0. The van der Waals surface area contributed by atoms with Crippen LogP contribution in [0.3, 0.4) is 0 Å². The summed E-state index contributed by atoms with van der Waals surface area (Å²) in [6.07, 6.45) is 6.78. The van der Waals surface area contributed by atoms with E-state index < -0.39 is 0 Å². The lowest BCUT2D eigenvalue weighted by atomic mass is 9.91. The molecule has 2 atom stereocenters. The molecule has 2 heterocycles. The van der Waals surface area contributed by atoms with Gasteiger partial charge in [-0.15, -0.1) is 11.3 Å². The number of rotatable bonds is 3. The van der Waals surface area contributed by atoms with E-state index >= 15 is 0 Å². The molecule has 3 heteroatoms. The molecule has 19 heavy (non-hydrogen) atoms. The van der Waals surface area contributed by atoms with E-state index in [9.17, 15) is 0 Å². The van der Waals surface area contributed by atoms with Crippen molar-refractivity contribution >= 4 is 11.3 Å². The Hall–Kier alpha value is -0.380. The van der Waals surface area contributed by atoms with E-state index in [1.165, 1.54) is 43.5 Å². The number of hydrogen-bond donors (Lipinski definition) is 1. The molecule has 0 bridgehead atoms. The van der Waals surface area contributed by atoms with Crippen molar-refractivity contribution in [2.24, 2.45) is 0 Å². The highest BCUT2D eigenvalue weighted by Gasteiger charge is 2.41. The fourth-order valence-corrected chi connectivity index (χ4v) is 4.68. The first-order chi connectivity index (χ1) is 9.19. The predicted molar refractivity (Wildman–Crippen MR) is 82.9 cm³/mol. The first-order valence-corrected chi connectivity index (χ1v) is 8.60. The molecule has 0 amide bonds. The van der Waals surface area contributed by atoms with Gasteiger partial charge in [0.1, 0.15) is 0 Å². The molecule has 1 aromatic rings. The molecular formula is C16H26N2S. The van der Waals surface area contributed by atoms with Crippen molar-refractivity contribution in [3.8, 4) is 0 Å². The van der Waals surface area contributed by atoms with E-state index in [4.69, 9.17) is 0 Å². The van der Waals surface area contributed by atoms with Crippen LogP contribution in [0.1, 0.15) is 44.4 Å². The van der Waals surface area contributed by atoms with Crippen LogP contribution < -0.4 is 5.32 Å². The SMILES string of the molecule is CC1CNC2(CCCC2)CN1C(C)Cc1cccs1. The van der Waals surface area contributed by atoms with Gasteiger partial charge in [-0.3, -0.25) is 4.90 Å². The first kappa shape index (κ1) is 13.6. The van der Waals surface area contributed by atoms with E-state index in [1.54, 1.807) is 0 Å². The van der Waals surface area contributed by atoms with Crippen molar-refractivity contribution in [3.05, 3.63) is 22.4 Å². The first-order valence-electron chi connectivity index (χ1n) is 7.72. The molecule has 0 radical (unpaired) electrons. The molecule has 1 spiro atoms. The van der Waals surface area contributed by atoms with Crippen LogP contribution in [0.15, 0.2) is 17.5 Å². The Balaban J connectivity index is 1.67. The third kappa shape index (κ3) is 2.88. The molecule has 1 saturated carbocycles. The number of thiophene rings is 1. The lowest BCUT2D eigenvalue weighted by molar-refractivity contribution is 0.0570. The Labute approximate surface area is 121 Å². The molecule has 1 aromatic heterocycles. The summed E-state index contributed by atoms with van der Waals surface area (Å²) in [6.45, 7) is 7.19. The molecule has 1 aliphatic heterocycles. The third-order valence-electron chi connectivity index (χ3n) is 5.03. The molecule has 2 unspecified atom stereocenters. The second kappa shape index (κ2) is 5.55. The van der Waals surface area contributed by atoms with Crippen LogP contribution in [-0.2, 0) is 6.42 Å². The molecule has 2 aliphatic rings. The highest BCUT2D eigenvalue weighted by atomic mass is 32.1. The Morgan fingerprint density at radius 3 is 2.95 bits per heavy atom. The molecule has 2 nitrogen and oxygen atoms in total. The molecule has 1 N–H and O–H groups in total. The Morgan fingerprint density at radius 1 is 1.47 bits per heavy atom. The number of hydrogen-bond acceptors (Lipinski definition) is 3. The van der Waals surface area contributed by atoms with E-state index in [1.807, 2.05) is 11.3 Å². The van der Waals surface area contributed by atoms with Crippen molar-refractivity contribution in [1.29, 1.82) is 0 Å². The quantitative estimate of drug-likeness (QED) is 0.913. The van der Waals surface area contributed by atoms with Gasteiger partial charge in [-0.25, -0.2) is 0 Å². The molecule has 2 fully saturated rings. The summed E-state index contributed by atoms with van der Waals surface area (Å²) in [6, 6.07) is 5.78. The number of piperazine rings is 1. The van der Waals surface area contributed by atoms with Crippen LogP contribution >= 0.6 is 11.3 Å². The third-order valence-corrected chi connectivity index (χ3v) is 5.93. The van der Waals surface area contributed by atoms with Gasteiger partial charge < -0.3 is 5.32 Å². The van der Waals surface area contributed by atoms with Crippen LogP contribution in [0.25, 0.3) is 0 Å². The topological polar surface area (TPSA) is 15.3 Å². The van der Waals surface area contributed by atoms with Crippen molar-refractivity contribution in [1.82, 2.24) is 10.2 Å². The Morgan fingerprint density at radius 2 is 2.26 bits per heavy atom. The molecule has 1 aliphatic carbocycles. The van der Waals surface area contributed by atoms with Gasteiger partial charge in [-0.2, -0.15) is 0 Å². The van der Waals surface area contributed by atoms with Crippen LogP contribution in [0.4, 0.5) is 0 Å². The maximum atomic E-state index is 3.85. The standard InChI is InChI=1S/C16H26N2S/c1-13(10-15-6-5-9-19-15)18-12-16(7-3-4-8-16)17-11-14(18)2/h5-6,9,13-14,17H,3-4,7-8,10-12H2,1-2H3. The van der Waals surface area contributed by atoms with Gasteiger partial charge in [0.2, 0.25) is 0 Å². The highest BCUT2D eigenvalue weighted by molar-refractivity contribution is 7.09. The zero-order chi connectivity index (χ0) is 13.3. The fourth-order valence-electron chi connectivity index (χ4n) is 3.86. The van der Waals surface area contributed by atoms with Crippen LogP contribution in [0.2, 0.25) is 0 Å². The summed E-state index contributed by atoms with van der Waals surface area (Å²) < 4.78 is 0. The Kier molecular flexibility index (Phi) is 3.97. The zero-order valence-corrected chi connectivity index (χ0v) is 13.0. The minimum atomic E-state index is 0.441. The maximum Gasteiger partial charge on any atom is 0.0309 e. The molecule has 106 valence electrons. The fraction of sp³-hybridized carbons (Fsp3) is 0.750. The predicted octanol–water partition coefficient (Wildman–Crippen LogP) is 3.29. The molecule has 1 saturated heterocycles. The summed E-state index contributed by atoms with van der Waals surface area (Å²) >= 11 is 1.90. The second-order valence-corrected chi connectivity index (χ2v) is 7.55. The van der Waals surface area contributed by atoms with Gasteiger partial charge in [0, 0.05) is 35.6 Å². The van der Waals surface area contributed by atoms with Crippen molar-refractivity contribution in [3.63, 3.8) is 0 Å². The summed E-state index contributed by atoms with van der Waals surface area (Å²) in [5.41, 5.74) is 0.441. The largest absolute Gasteiger partial charge is 0.308 e. The van der Waals surface area contributed by atoms with Gasteiger partial charge in [-0.1, -0.05) is 18.9 Å². The average molecular weight is 278 g/mol. The summed E-state index contributed by atoms with van der Waals surface area (Å²) in [7, 11) is 0. The van der Waals surface area contributed by atoms with Crippen LogP contribution in [-0.4, -0.2) is 35.6 Å². The van der Waals surface area contributed by atoms with Crippen molar-refractivity contribution in [2.75, 3.05) is 13.1 Å². The lowest BCUT2D eigenvalue weighted by Gasteiger charge is -2.48. The Bertz CT molecular complexity index is 395. The lowest BCUT2D eigenvalue weighted by Crippen LogP contribution is -2.64. The number of nitrogens with zero attached hydrogens (tertiary/aromatic N) is 1. The van der Waals surface area contributed by atoms with Crippen LogP contribution in [0.5, 0.6) is 0 Å². The average Bonchev–Trinajstić information content (AvgIpc) is 3.05. The van der Waals surface area contributed by atoms with Gasteiger partial charge in [0.15, 0.2) is 0 Å². The van der Waals surface area contributed by atoms with E-state index in [0.29, 0.717) is 17.6 Å². The van der Waals surface area contributed by atoms with Crippen LogP contribution in [0, 0.1) is 0 Å². The molecule has 3 rings (SSSR count). The zero-order valence-electron chi connectivity index (χ0n) is 12.2. The van der Waals surface area contributed by atoms with Crippen molar-refractivity contribution in [2.45, 2.75) is 63.6 Å².